The number of aryl methyl sites for hydroxylation is 1. The van der Waals surface area contributed by atoms with Crippen molar-refractivity contribution in [2.45, 2.75) is 19.0 Å². The molecule has 0 atom stereocenters. The van der Waals surface area contributed by atoms with Crippen LogP contribution in [0.1, 0.15) is 11.1 Å². The summed E-state index contributed by atoms with van der Waals surface area (Å²) < 4.78 is 32.8. The van der Waals surface area contributed by atoms with Gasteiger partial charge in [0.1, 0.15) is 18.2 Å². The Balaban J connectivity index is 1.66. The van der Waals surface area contributed by atoms with Crippen LogP contribution in [0.2, 0.25) is 0 Å². The molecule has 4 rings (SSSR count). The Labute approximate surface area is 155 Å². The van der Waals surface area contributed by atoms with Crippen molar-refractivity contribution in [3.05, 3.63) is 65.2 Å². The van der Waals surface area contributed by atoms with Crippen molar-refractivity contribution >= 4 is 17.5 Å². The van der Waals surface area contributed by atoms with Crippen molar-refractivity contribution in [2.24, 2.45) is 0 Å². The lowest BCUT2D eigenvalue weighted by atomic mass is 9.89. The van der Waals surface area contributed by atoms with Gasteiger partial charge in [-0.05, 0) is 42.3 Å². The number of piperazine rings is 1. The Kier molecular flexibility index (Phi) is 4.19. The van der Waals surface area contributed by atoms with E-state index in [0.29, 0.717) is 5.56 Å². The van der Waals surface area contributed by atoms with Crippen molar-refractivity contribution in [2.75, 3.05) is 24.7 Å². The number of carbonyl (C=O) groups is 2. The Hall–Kier alpha value is -2.80. The highest BCUT2D eigenvalue weighted by atomic mass is 19.1. The van der Waals surface area contributed by atoms with E-state index in [-0.39, 0.29) is 49.6 Å². The SMILES string of the molecule is Cc1ccc(N2CC(=O)N(Cc3ccc(F)cc3)C3(COC3)C2=O)c(F)c1. The van der Waals surface area contributed by atoms with E-state index >= 15 is 0 Å². The molecule has 0 aromatic heterocycles. The smallest absolute Gasteiger partial charge is 0.258 e. The zero-order valence-electron chi connectivity index (χ0n) is 14.7. The highest BCUT2D eigenvalue weighted by Crippen LogP contribution is 2.35. The van der Waals surface area contributed by atoms with Crippen molar-refractivity contribution in [3.63, 3.8) is 0 Å². The Morgan fingerprint density at radius 1 is 1.07 bits per heavy atom. The van der Waals surface area contributed by atoms with Gasteiger partial charge < -0.3 is 9.64 Å². The summed E-state index contributed by atoms with van der Waals surface area (Å²) in [4.78, 5) is 28.7. The fourth-order valence-electron chi connectivity index (χ4n) is 3.51. The maximum atomic E-state index is 14.4. The number of nitrogens with zero attached hydrogens (tertiary/aromatic N) is 2. The van der Waals surface area contributed by atoms with Crippen molar-refractivity contribution < 1.29 is 23.1 Å². The lowest BCUT2D eigenvalue weighted by molar-refractivity contribution is -0.184. The minimum Gasteiger partial charge on any atom is -0.375 e. The van der Waals surface area contributed by atoms with E-state index in [1.165, 1.54) is 34.1 Å². The summed E-state index contributed by atoms with van der Waals surface area (Å²) in [6.45, 7) is 1.79. The molecular formula is C20H18F2N2O3. The molecule has 0 N–H and O–H groups in total. The van der Waals surface area contributed by atoms with Gasteiger partial charge in [-0.1, -0.05) is 18.2 Å². The van der Waals surface area contributed by atoms with Crippen LogP contribution < -0.4 is 4.90 Å². The third kappa shape index (κ3) is 2.88. The highest BCUT2D eigenvalue weighted by Gasteiger charge is 2.58. The molecule has 27 heavy (non-hydrogen) atoms. The van der Waals surface area contributed by atoms with E-state index in [1.54, 1.807) is 25.1 Å². The molecule has 140 valence electrons. The first-order chi connectivity index (χ1) is 12.9. The summed E-state index contributed by atoms with van der Waals surface area (Å²) in [5.74, 6) is -1.58. The summed E-state index contributed by atoms with van der Waals surface area (Å²) in [7, 11) is 0. The minimum atomic E-state index is -1.15. The molecule has 2 saturated heterocycles. The minimum absolute atomic E-state index is 0.0583. The summed E-state index contributed by atoms with van der Waals surface area (Å²) in [5.41, 5.74) is 0.373. The fraction of sp³-hybridized carbons (Fsp3) is 0.300. The van der Waals surface area contributed by atoms with Gasteiger partial charge in [0.25, 0.3) is 5.91 Å². The first-order valence-corrected chi connectivity index (χ1v) is 8.61. The molecule has 2 aromatic rings. The first kappa shape index (κ1) is 17.6. The zero-order chi connectivity index (χ0) is 19.2. The molecule has 7 heteroatoms. The van der Waals surface area contributed by atoms with Crippen LogP contribution in [0, 0.1) is 18.6 Å². The van der Waals surface area contributed by atoms with Crippen LogP contribution in [0.15, 0.2) is 42.5 Å². The maximum absolute atomic E-state index is 14.4. The largest absolute Gasteiger partial charge is 0.375 e. The lowest BCUT2D eigenvalue weighted by Crippen LogP contribution is -2.76. The van der Waals surface area contributed by atoms with Crippen LogP contribution in [0.4, 0.5) is 14.5 Å². The summed E-state index contributed by atoms with van der Waals surface area (Å²) >= 11 is 0. The predicted molar refractivity (Wildman–Crippen MR) is 94.0 cm³/mol. The van der Waals surface area contributed by atoms with Crippen molar-refractivity contribution in [3.8, 4) is 0 Å². The number of rotatable bonds is 3. The molecule has 0 saturated carbocycles. The second-order valence-electron chi connectivity index (χ2n) is 6.98. The average Bonchev–Trinajstić information content (AvgIpc) is 2.59. The van der Waals surface area contributed by atoms with Crippen LogP contribution >= 0.6 is 0 Å². The van der Waals surface area contributed by atoms with Crippen LogP contribution in [0.5, 0.6) is 0 Å². The van der Waals surface area contributed by atoms with Gasteiger partial charge in [-0.3, -0.25) is 14.5 Å². The van der Waals surface area contributed by atoms with E-state index in [4.69, 9.17) is 4.74 Å². The van der Waals surface area contributed by atoms with Gasteiger partial charge >= 0.3 is 0 Å². The van der Waals surface area contributed by atoms with E-state index < -0.39 is 11.4 Å². The van der Waals surface area contributed by atoms with E-state index in [2.05, 4.69) is 0 Å². The molecule has 2 amide bonds. The predicted octanol–water partition coefficient (Wildman–Crippen LogP) is 2.42. The quantitative estimate of drug-likeness (QED) is 0.832. The standard InChI is InChI=1S/C20H18F2N2O3/c1-13-2-7-17(16(22)8-13)23-10-18(25)24(20(19(23)26)11-27-12-20)9-14-3-5-15(21)6-4-14/h2-8H,9-12H2,1H3. The van der Waals surface area contributed by atoms with Gasteiger partial charge in [0, 0.05) is 6.54 Å². The average molecular weight is 372 g/mol. The van der Waals surface area contributed by atoms with Gasteiger partial charge in [0.15, 0.2) is 5.54 Å². The monoisotopic (exact) mass is 372 g/mol. The Morgan fingerprint density at radius 2 is 1.78 bits per heavy atom. The summed E-state index contributed by atoms with van der Waals surface area (Å²) in [6.07, 6.45) is 0. The molecule has 0 bridgehead atoms. The third-order valence-corrected chi connectivity index (χ3v) is 5.08. The van der Waals surface area contributed by atoms with Crippen LogP contribution in [0.25, 0.3) is 0 Å². The topological polar surface area (TPSA) is 49.9 Å². The molecule has 0 unspecified atom stereocenters. The second kappa shape index (κ2) is 6.42. The molecule has 2 aliphatic rings. The van der Waals surface area contributed by atoms with Gasteiger partial charge in [-0.25, -0.2) is 8.78 Å². The van der Waals surface area contributed by atoms with Crippen LogP contribution in [0.3, 0.4) is 0 Å². The van der Waals surface area contributed by atoms with Crippen LogP contribution in [-0.4, -0.2) is 42.0 Å². The number of hydrogen-bond acceptors (Lipinski definition) is 3. The Morgan fingerprint density at radius 3 is 2.37 bits per heavy atom. The second-order valence-corrected chi connectivity index (χ2v) is 6.98. The van der Waals surface area contributed by atoms with Gasteiger partial charge in [0.2, 0.25) is 5.91 Å². The molecule has 0 aliphatic carbocycles. The first-order valence-electron chi connectivity index (χ1n) is 8.61. The number of carbonyl (C=O) groups excluding carboxylic acids is 2. The summed E-state index contributed by atoms with van der Waals surface area (Å²) in [6, 6.07) is 10.3. The number of benzene rings is 2. The van der Waals surface area contributed by atoms with E-state index in [1.807, 2.05) is 0 Å². The molecule has 1 spiro atoms. The van der Waals surface area contributed by atoms with Gasteiger partial charge in [0.05, 0.1) is 18.9 Å². The van der Waals surface area contributed by atoms with Crippen molar-refractivity contribution in [1.82, 2.24) is 4.90 Å². The van der Waals surface area contributed by atoms with E-state index in [9.17, 15) is 18.4 Å². The normalized spacial score (nSPS) is 18.8. The molecule has 0 radical (unpaired) electrons. The third-order valence-electron chi connectivity index (χ3n) is 5.08. The molecule has 2 aliphatic heterocycles. The van der Waals surface area contributed by atoms with Crippen LogP contribution in [-0.2, 0) is 20.9 Å². The lowest BCUT2D eigenvalue weighted by Gasteiger charge is -2.53. The summed E-state index contributed by atoms with van der Waals surface area (Å²) in [5, 5.41) is 0. The molecule has 2 fully saturated rings. The molecule has 5 nitrogen and oxygen atoms in total. The highest BCUT2D eigenvalue weighted by molar-refractivity contribution is 6.09. The van der Waals surface area contributed by atoms with Crippen molar-refractivity contribution in [1.29, 1.82) is 0 Å². The Bertz CT molecular complexity index is 910. The van der Waals surface area contributed by atoms with E-state index in [0.717, 1.165) is 5.56 Å². The number of amides is 2. The molecular weight excluding hydrogens is 354 g/mol. The molecule has 2 aromatic carbocycles. The van der Waals surface area contributed by atoms with Gasteiger partial charge in [-0.15, -0.1) is 0 Å². The molecule has 2 heterocycles. The fourth-order valence-corrected chi connectivity index (χ4v) is 3.51. The number of hydrogen-bond donors (Lipinski definition) is 0. The van der Waals surface area contributed by atoms with Gasteiger partial charge in [-0.2, -0.15) is 0 Å². The number of ether oxygens (including phenoxy) is 1. The zero-order valence-corrected chi connectivity index (χ0v) is 14.7. The number of halogens is 2. The number of anilines is 1. The maximum Gasteiger partial charge on any atom is 0.258 e.